The smallest absolute Gasteiger partial charge is 0.372 e. The Kier molecular flexibility index (Phi) is 3.36. The van der Waals surface area contributed by atoms with Gasteiger partial charge in [-0.3, -0.25) is 10.1 Å². The summed E-state index contributed by atoms with van der Waals surface area (Å²) < 4.78 is 5.39. The number of anilines is 1. The first-order valence-electron chi connectivity index (χ1n) is 5.56. The summed E-state index contributed by atoms with van der Waals surface area (Å²) in [7, 11) is 0. The van der Waals surface area contributed by atoms with Crippen molar-refractivity contribution in [3.8, 4) is 5.88 Å². The zero-order valence-electron chi connectivity index (χ0n) is 9.33. The van der Waals surface area contributed by atoms with Crippen molar-refractivity contribution >= 4 is 11.5 Å². The number of nitrogens with zero attached hydrogens (tertiary/aromatic N) is 3. The van der Waals surface area contributed by atoms with Crippen molar-refractivity contribution in [2.75, 3.05) is 12.3 Å². The molecule has 2 N–H and O–H groups in total. The van der Waals surface area contributed by atoms with Gasteiger partial charge >= 0.3 is 5.69 Å². The highest BCUT2D eigenvalue weighted by Gasteiger charge is 2.24. The van der Waals surface area contributed by atoms with Gasteiger partial charge in [0, 0.05) is 0 Å². The summed E-state index contributed by atoms with van der Waals surface area (Å²) in [6.07, 6.45) is 5.78. The maximum absolute atomic E-state index is 10.8. The molecule has 1 aliphatic carbocycles. The lowest BCUT2D eigenvalue weighted by Gasteiger charge is -2.10. The SMILES string of the molecule is Nc1ncnc(OCC2CCCC2)c1[N+](=O)[O-]. The third-order valence-electron chi connectivity index (χ3n) is 2.93. The second-order valence-corrected chi connectivity index (χ2v) is 4.13. The van der Waals surface area contributed by atoms with E-state index in [0.29, 0.717) is 12.5 Å². The number of hydrogen-bond donors (Lipinski definition) is 1. The predicted octanol–water partition coefficient (Wildman–Crippen LogP) is 1.54. The Morgan fingerprint density at radius 3 is 2.82 bits per heavy atom. The molecular formula is C10H14N4O3. The molecule has 1 aromatic rings. The molecule has 2 rings (SSSR count). The first kappa shape index (κ1) is 11.6. The third-order valence-corrected chi connectivity index (χ3v) is 2.93. The van der Waals surface area contributed by atoms with Crippen molar-refractivity contribution in [3.05, 3.63) is 16.4 Å². The van der Waals surface area contributed by atoms with E-state index in [-0.39, 0.29) is 17.4 Å². The topological polar surface area (TPSA) is 104 Å². The zero-order valence-corrected chi connectivity index (χ0v) is 9.33. The molecule has 0 atom stereocenters. The van der Waals surface area contributed by atoms with E-state index in [4.69, 9.17) is 10.5 Å². The zero-order chi connectivity index (χ0) is 12.3. The van der Waals surface area contributed by atoms with Gasteiger partial charge in [0.25, 0.3) is 5.88 Å². The quantitative estimate of drug-likeness (QED) is 0.630. The minimum atomic E-state index is -0.612. The van der Waals surface area contributed by atoms with Crippen LogP contribution in [0.2, 0.25) is 0 Å². The number of hydrogen-bond acceptors (Lipinski definition) is 6. The number of rotatable bonds is 4. The molecule has 0 bridgehead atoms. The molecule has 1 heterocycles. The van der Waals surface area contributed by atoms with Crippen LogP contribution >= 0.6 is 0 Å². The molecule has 1 fully saturated rings. The number of nitrogen functional groups attached to an aromatic ring is 1. The van der Waals surface area contributed by atoms with E-state index < -0.39 is 4.92 Å². The summed E-state index contributed by atoms with van der Waals surface area (Å²) in [6.45, 7) is 0.456. The Bertz CT molecular complexity index is 418. The number of nitro groups is 1. The molecule has 17 heavy (non-hydrogen) atoms. The second-order valence-electron chi connectivity index (χ2n) is 4.13. The van der Waals surface area contributed by atoms with Crippen LogP contribution in [0.25, 0.3) is 0 Å². The number of aromatic nitrogens is 2. The van der Waals surface area contributed by atoms with Crippen molar-refractivity contribution in [1.82, 2.24) is 9.97 Å². The normalized spacial score (nSPS) is 16.0. The van der Waals surface area contributed by atoms with Gasteiger partial charge in [-0.25, -0.2) is 4.98 Å². The third kappa shape index (κ3) is 2.61. The van der Waals surface area contributed by atoms with E-state index in [1.807, 2.05) is 0 Å². The van der Waals surface area contributed by atoms with Crippen LogP contribution in [0.15, 0.2) is 6.33 Å². The van der Waals surface area contributed by atoms with Crippen LogP contribution in [0, 0.1) is 16.0 Å². The van der Waals surface area contributed by atoms with Gasteiger partial charge < -0.3 is 10.5 Å². The lowest BCUT2D eigenvalue weighted by Crippen LogP contribution is -2.11. The fourth-order valence-corrected chi connectivity index (χ4v) is 2.03. The average molecular weight is 238 g/mol. The Morgan fingerprint density at radius 1 is 1.47 bits per heavy atom. The van der Waals surface area contributed by atoms with E-state index in [1.54, 1.807) is 0 Å². The van der Waals surface area contributed by atoms with Crippen LogP contribution < -0.4 is 10.5 Å². The van der Waals surface area contributed by atoms with E-state index >= 15 is 0 Å². The van der Waals surface area contributed by atoms with E-state index in [2.05, 4.69) is 9.97 Å². The maximum Gasteiger partial charge on any atom is 0.372 e. The predicted molar refractivity (Wildman–Crippen MR) is 60.6 cm³/mol. The molecular weight excluding hydrogens is 224 g/mol. The second kappa shape index (κ2) is 4.94. The fourth-order valence-electron chi connectivity index (χ4n) is 2.03. The fraction of sp³-hybridized carbons (Fsp3) is 0.600. The van der Waals surface area contributed by atoms with Crippen molar-refractivity contribution < 1.29 is 9.66 Å². The lowest BCUT2D eigenvalue weighted by atomic mass is 10.1. The molecule has 0 aromatic carbocycles. The van der Waals surface area contributed by atoms with Crippen LogP contribution in [0.3, 0.4) is 0 Å². The van der Waals surface area contributed by atoms with E-state index in [9.17, 15) is 10.1 Å². The summed E-state index contributed by atoms with van der Waals surface area (Å²) in [5.74, 6) is 0.270. The molecule has 0 spiro atoms. The number of nitrogens with two attached hydrogens (primary N) is 1. The molecule has 92 valence electrons. The summed E-state index contributed by atoms with van der Waals surface area (Å²) in [4.78, 5) is 17.5. The minimum Gasteiger partial charge on any atom is -0.472 e. The summed E-state index contributed by atoms with van der Waals surface area (Å²) in [5, 5.41) is 10.8. The summed E-state index contributed by atoms with van der Waals surface area (Å²) in [6, 6.07) is 0. The van der Waals surface area contributed by atoms with Gasteiger partial charge in [0.1, 0.15) is 6.33 Å². The van der Waals surface area contributed by atoms with Crippen LogP contribution in [-0.4, -0.2) is 21.5 Å². The molecule has 7 nitrogen and oxygen atoms in total. The van der Waals surface area contributed by atoms with Crippen LogP contribution in [0.5, 0.6) is 5.88 Å². The molecule has 0 amide bonds. The Morgan fingerprint density at radius 2 is 2.18 bits per heavy atom. The molecule has 1 aromatic heterocycles. The van der Waals surface area contributed by atoms with E-state index in [0.717, 1.165) is 12.8 Å². The monoisotopic (exact) mass is 238 g/mol. The van der Waals surface area contributed by atoms with Gasteiger partial charge in [-0.2, -0.15) is 4.98 Å². The highest BCUT2D eigenvalue weighted by molar-refractivity contribution is 5.57. The first-order valence-corrected chi connectivity index (χ1v) is 5.56. The number of ether oxygens (including phenoxy) is 1. The Hall–Kier alpha value is -1.92. The van der Waals surface area contributed by atoms with E-state index in [1.165, 1.54) is 19.2 Å². The van der Waals surface area contributed by atoms with Crippen molar-refractivity contribution in [2.45, 2.75) is 25.7 Å². The average Bonchev–Trinajstić information content (AvgIpc) is 2.78. The molecule has 1 saturated carbocycles. The lowest BCUT2D eigenvalue weighted by molar-refractivity contribution is -0.385. The van der Waals surface area contributed by atoms with Crippen LogP contribution in [0.1, 0.15) is 25.7 Å². The highest BCUT2D eigenvalue weighted by atomic mass is 16.6. The van der Waals surface area contributed by atoms with Gasteiger partial charge in [0.15, 0.2) is 0 Å². The van der Waals surface area contributed by atoms with Crippen molar-refractivity contribution in [3.63, 3.8) is 0 Å². The summed E-state index contributed by atoms with van der Waals surface area (Å²) in [5.41, 5.74) is 5.09. The Labute approximate surface area is 98.2 Å². The molecule has 1 aliphatic rings. The molecule has 0 radical (unpaired) electrons. The van der Waals surface area contributed by atoms with Gasteiger partial charge in [-0.05, 0) is 18.8 Å². The van der Waals surface area contributed by atoms with Gasteiger partial charge in [-0.1, -0.05) is 12.8 Å². The summed E-state index contributed by atoms with van der Waals surface area (Å²) >= 11 is 0. The van der Waals surface area contributed by atoms with Gasteiger partial charge in [0.2, 0.25) is 5.82 Å². The van der Waals surface area contributed by atoms with Gasteiger partial charge in [-0.15, -0.1) is 0 Å². The highest BCUT2D eigenvalue weighted by Crippen LogP contribution is 2.30. The minimum absolute atomic E-state index is 0.0330. The maximum atomic E-state index is 10.8. The van der Waals surface area contributed by atoms with Gasteiger partial charge in [0.05, 0.1) is 11.5 Å². The van der Waals surface area contributed by atoms with Crippen LogP contribution in [-0.2, 0) is 0 Å². The molecule has 0 aliphatic heterocycles. The van der Waals surface area contributed by atoms with Crippen molar-refractivity contribution in [2.24, 2.45) is 5.92 Å². The standard InChI is InChI=1S/C10H14N4O3/c11-9-8(14(15)16)10(13-6-12-9)17-5-7-3-1-2-4-7/h6-7H,1-5H2,(H2,11,12,13). The molecule has 0 saturated heterocycles. The molecule has 0 unspecified atom stereocenters. The van der Waals surface area contributed by atoms with Crippen LogP contribution in [0.4, 0.5) is 11.5 Å². The largest absolute Gasteiger partial charge is 0.472 e. The molecule has 7 heteroatoms. The first-order chi connectivity index (χ1) is 8.18. The Balaban J connectivity index is 2.09. The van der Waals surface area contributed by atoms with Crippen molar-refractivity contribution in [1.29, 1.82) is 0 Å².